The zero-order chi connectivity index (χ0) is 15.5. The lowest BCUT2D eigenvalue weighted by Crippen LogP contribution is -2.26. The molecule has 1 aromatic heterocycles. The summed E-state index contributed by atoms with van der Waals surface area (Å²) in [6.45, 7) is 1.88. The fourth-order valence-electron chi connectivity index (χ4n) is 2.40. The van der Waals surface area contributed by atoms with E-state index in [1.54, 1.807) is 24.5 Å². The molecule has 0 saturated carbocycles. The van der Waals surface area contributed by atoms with Crippen molar-refractivity contribution in [1.82, 2.24) is 10.3 Å². The van der Waals surface area contributed by atoms with Gasteiger partial charge in [0.25, 0.3) is 5.91 Å². The zero-order valence-electron chi connectivity index (χ0n) is 12.2. The van der Waals surface area contributed by atoms with Gasteiger partial charge in [-0.25, -0.2) is 0 Å². The normalized spacial score (nSPS) is 12.0. The van der Waals surface area contributed by atoms with Gasteiger partial charge in [0.05, 0.1) is 11.6 Å². The van der Waals surface area contributed by atoms with Crippen LogP contribution in [0, 0.1) is 0 Å². The van der Waals surface area contributed by atoms with E-state index in [9.17, 15) is 9.90 Å². The number of hydrogen-bond acceptors (Lipinski definition) is 3. The predicted molar refractivity (Wildman–Crippen MR) is 85.7 cm³/mol. The van der Waals surface area contributed by atoms with Gasteiger partial charge in [0, 0.05) is 12.4 Å². The van der Waals surface area contributed by atoms with Crippen LogP contribution in [-0.2, 0) is 0 Å². The van der Waals surface area contributed by atoms with Crippen molar-refractivity contribution < 1.29 is 9.90 Å². The van der Waals surface area contributed by atoms with Gasteiger partial charge in [-0.1, -0.05) is 30.3 Å². The fourth-order valence-corrected chi connectivity index (χ4v) is 2.40. The quantitative estimate of drug-likeness (QED) is 0.777. The summed E-state index contributed by atoms with van der Waals surface area (Å²) in [4.78, 5) is 16.4. The van der Waals surface area contributed by atoms with E-state index in [0.29, 0.717) is 0 Å². The third-order valence-corrected chi connectivity index (χ3v) is 3.64. The van der Waals surface area contributed by atoms with E-state index < -0.39 is 0 Å². The molecule has 1 amide bonds. The summed E-state index contributed by atoms with van der Waals surface area (Å²) in [5, 5.41) is 14.8. The van der Waals surface area contributed by atoms with E-state index in [4.69, 9.17) is 0 Å². The highest BCUT2D eigenvalue weighted by atomic mass is 16.3. The number of carbonyl (C=O) groups excluding carboxylic acids is 1. The molecule has 0 aliphatic heterocycles. The second-order valence-corrected chi connectivity index (χ2v) is 5.20. The lowest BCUT2D eigenvalue weighted by Gasteiger charge is -2.15. The number of benzene rings is 2. The molecular formula is C18H16N2O2. The van der Waals surface area contributed by atoms with Crippen molar-refractivity contribution in [2.24, 2.45) is 0 Å². The Morgan fingerprint density at radius 1 is 1.14 bits per heavy atom. The molecule has 0 radical (unpaired) electrons. The van der Waals surface area contributed by atoms with Crippen LogP contribution in [-0.4, -0.2) is 16.0 Å². The van der Waals surface area contributed by atoms with Gasteiger partial charge in [0.2, 0.25) is 0 Å². The van der Waals surface area contributed by atoms with Crippen LogP contribution >= 0.6 is 0 Å². The van der Waals surface area contributed by atoms with Gasteiger partial charge in [-0.2, -0.15) is 0 Å². The Labute approximate surface area is 128 Å². The number of hydrogen-bond donors (Lipinski definition) is 2. The molecule has 110 valence electrons. The summed E-state index contributed by atoms with van der Waals surface area (Å²) in [5.74, 6) is -0.325. The van der Waals surface area contributed by atoms with Crippen LogP contribution in [0.15, 0.2) is 60.9 Å². The number of carbonyl (C=O) groups is 1. The van der Waals surface area contributed by atoms with Crippen molar-refractivity contribution in [3.8, 4) is 5.75 Å². The molecule has 3 aromatic rings. The van der Waals surface area contributed by atoms with E-state index >= 15 is 0 Å². The molecule has 2 N–H and O–H groups in total. The SMILES string of the molecule is C[C@H](NC(=O)c1cc2ccccc2cc1O)c1cccnc1. The van der Waals surface area contributed by atoms with Gasteiger partial charge in [0.15, 0.2) is 0 Å². The molecule has 0 unspecified atom stereocenters. The first kappa shape index (κ1) is 14.1. The van der Waals surface area contributed by atoms with Crippen LogP contribution in [0.2, 0.25) is 0 Å². The lowest BCUT2D eigenvalue weighted by molar-refractivity contribution is 0.0937. The molecule has 0 fully saturated rings. The average molecular weight is 292 g/mol. The molecule has 22 heavy (non-hydrogen) atoms. The molecule has 0 aliphatic carbocycles. The van der Waals surface area contributed by atoms with Crippen LogP contribution in [0.4, 0.5) is 0 Å². The van der Waals surface area contributed by atoms with Crippen LogP contribution in [0.3, 0.4) is 0 Å². The lowest BCUT2D eigenvalue weighted by atomic mass is 10.0. The number of nitrogens with one attached hydrogen (secondary N) is 1. The van der Waals surface area contributed by atoms with Gasteiger partial charge in [0.1, 0.15) is 5.75 Å². The van der Waals surface area contributed by atoms with Crippen molar-refractivity contribution in [1.29, 1.82) is 0 Å². The third-order valence-electron chi connectivity index (χ3n) is 3.64. The minimum Gasteiger partial charge on any atom is -0.507 e. The maximum absolute atomic E-state index is 12.4. The summed E-state index contributed by atoms with van der Waals surface area (Å²) in [7, 11) is 0. The molecule has 0 spiro atoms. The fraction of sp³-hybridized carbons (Fsp3) is 0.111. The number of fused-ring (bicyclic) bond motifs is 1. The first-order valence-electron chi connectivity index (χ1n) is 7.07. The van der Waals surface area contributed by atoms with Crippen molar-refractivity contribution >= 4 is 16.7 Å². The monoisotopic (exact) mass is 292 g/mol. The predicted octanol–water partition coefficient (Wildman–Crippen LogP) is 3.43. The minimum absolute atomic E-state index is 0.0189. The highest BCUT2D eigenvalue weighted by Crippen LogP contribution is 2.25. The van der Waals surface area contributed by atoms with Crippen LogP contribution < -0.4 is 5.32 Å². The Hall–Kier alpha value is -2.88. The Balaban J connectivity index is 1.87. The van der Waals surface area contributed by atoms with Crippen molar-refractivity contribution in [2.45, 2.75) is 13.0 Å². The zero-order valence-corrected chi connectivity index (χ0v) is 12.2. The molecule has 1 heterocycles. The van der Waals surface area contributed by atoms with E-state index in [-0.39, 0.29) is 23.3 Å². The van der Waals surface area contributed by atoms with E-state index in [2.05, 4.69) is 10.3 Å². The third kappa shape index (κ3) is 2.76. The van der Waals surface area contributed by atoms with E-state index in [0.717, 1.165) is 16.3 Å². The van der Waals surface area contributed by atoms with Crippen molar-refractivity contribution in [2.75, 3.05) is 0 Å². The maximum atomic E-state index is 12.4. The molecule has 0 aliphatic rings. The summed E-state index contributed by atoms with van der Waals surface area (Å²) >= 11 is 0. The molecule has 2 aromatic carbocycles. The first-order chi connectivity index (χ1) is 10.6. The number of rotatable bonds is 3. The maximum Gasteiger partial charge on any atom is 0.255 e. The number of amides is 1. The number of aromatic hydroxyl groups is 1. The second-order valence-electron chi connectivity index (χ2n) is 5.20. The number of aromatic nitrogens is 1. The molecular weight excluding hydrogens is 276 g/mol. The van der Waals surface area contributed by atoms with Gasteiger partial charge in [-0.3, -0.25) is 9.78 Å². The highest BCUT2D eigenvalue weighted by molar-refractivity contribution is 6.01. The van der Waals surface area contributed by atoms with Gasteiger partial charge >= 0.3 is 0 Å². The molecule has 4 heteroatoms. The van der Waals surface area contributed by atoms with Crippen LogP contribution in [0.5, 0.6) is 5.75 Å². The Bertz CT molecular complexity index is 816. The number of phenols is 1. The number of phenolic OH excluding ortho intramolecular Hbond substituents is 1. The van der Waals surface area contributed by atoms with Crippen molar-refractivity contribution in [3.63, 3.8) is 0 Å². The molecule has 4 nitrogen and oxygen atoms in total. The number of nitrogens with zero attached hydrogens (tertiary/aromatic N) is 1. The van der Waals surface area contributed by atoms with E-state index in [1.807, 2.05) is 43.3 Å². The van der Waals surface area contributed by atoms with Crippen LogP contribution in [0.25, 0.3) is 10.8 Å². The summed E-state index contributed by atoms with van der Waals surface area (Å²) in [6.07, 6.45) is 3.40. The number of pyridine rings is 1. The Morgan fingerprint density at radius 2 is 1.86 bits per heavy atom. The second kappa shape index (κ2) is 5.85. The minimum atomic E-state index is -0.306. The van der Waals surface area contributed by atoms with Crippen LogP contribution in [0.1, 0.15) is 28.9 Å². The van der Waals surface area contributed by atoms with Gasteiger partial charge < -0.3 is 10.4 Å². The van der Waals surface area contributed by atoms with Gasteiger partial charge in [-0.05, 0) is 41.5 Å². The van der Waals surface area contributed by atoms with Crippen molar-refractivity contribution in [3.05, 3.63) is 72.1 Å². The van der Waals surface area contributed by atoms with E-state index in [1.165, 1.54) is 0 Å². The first-order valence-corrected chi connectivity index (χ1v) is 7.07. The average Bonchev–Trinajstić information content (AvgIpc) is 2.54. The highest BCUT2D eigenvalue weighted by Gasteiger charge is 2.15. The largest absolute Gasteiger partial charge is 0.507 e. The molecule has 1 atom stereocenters. The van der Waals surface area contributed by atoms with Gasteiger partial charge in [-0.15, -0.1) is 0 Å². The standard InChI is InChI=1S/C18H16N2O2/c1-12(15-7-4-8-19-11-15)20-18(22)16-9-13-5-2-3-6-14(13)10-17(16)21/h2-12,21H,1H3,(H,20,22)/t12-/m0/s1. The topological polar surface area (TPSA) is 62.2 Å². The summed E-state index contributed by atoms with van der Waals surface area (Å²) in [5.41, 5.74) is 1.19. The molecule has 0 saturated heterocycles. The molecule has 0 bridgehead atoms. The Kier molecular flexibility index (Phi) is 3.74. The molecule has 3 rings (SSSR count). The summed E-state index contributed by atoms with van der Waals surface area (Å²) in [6, 6.07) is 14.5. The smallest absolute Gasteiger partial charge is 0.255 e. The summed E-state index contributed by atoms with van der Waals surface area (Å²) < 4.78 is 0. The Morgan fingerprint density at radius 3 is 2.55 bits per heavy atom.